The Kier molecular flexibility index (Phi) is 6.07. The smallest absolute Gasteiger partial charge is 0.271 e. The standard InChI is InChI=1S/C26H24N4O5/c1-2-27-15-16-3-6-18(7-4-16)28-25(17-5-10-22-23(13-17)35-12-11-34-22)24-20-9-8-19(30(32)33)14-21(20)29-26(24)31/h3-10,13-14,27-28H,2,11-12,15H2,1H3,(H,29,31)/b25-24-. The highest BCUT2D eigenvalue weighted by molar-refractivity contribution is 6.37. The molecule has 0 bridgehead atoms. The second-order valence-corrected chi connectivity index (χ2v) is 8.15. The monoisotopic (exact) mass is 472 g/mol. The molecule has 0 aromatic heterocycles. The van der Waals surface area contributed by atoms with Crippen LogP contribution < -0.4 is 25.4 Å². The molecule has 3 aromatic carbocycles. The number of nitro groups is 1. The fraction of sp³-hybridized carbons (Fsp3) is 0.192. The van der Waals surface area contributed by atoms with E-state index in [9.17, 15) is 14.9 Å². The van der Waals surface area contributed by atoms with Gasteiger partial charge in [0.15, 0.2) is 11.5 Å². The normalized spacial score (nSPS) is 15.3. The van der Waals surface area contributed by atoms with Gasteiger partial charge in [0.05, 0.1) is 21.9 Å². The Bertz CT molecular complexity index is 1330. The van der Waals surface area contributed by atoms with Crippen molar-refractivity contribution in [2.45, 2.75) is 13.5 Å². The summed E-state index contributed by atoms with van der Waals surface area (Å²) in [6, 6.07) is 17.8. The van der Waals surface area contributed by atoms with E-state index in [2.05, 4.69) is 22.9 Å². The first-order valence-corrected chi connectivity index (χ1v) is 11.3. The van der Waals surface area contributed by atoms with Crippen LogP contribution in [0.1, 0.15) is 23.6 Å². The number of rotatable bonds is 7. The van der Waals surface area contributed by atoms with Crippen LogP contribution in [0.2, 0.25) is 0 Å². The summed E-state index contributed by atoms with van der Waals surface area (Å²) in [6.45, 7) is 4.62. The number of carbonyl (C=O) groups excluding carboxylic acids is 1. The highest BCUT2D eigenvalue weighted by atomic mass is 16.6. The maximum atomic E-state index is 13.1. The summed E-state index contributed by atoms with van der Waals surface area (Å²) < 4.78 is 11.4. The molecule has 2 aliphatic heterocycles. The molecule has 3 aromatic rings. The lowest BCUT2D eigenvalue weighted by Gasteiger charge is -2.21. The third-order valence-corrected chi connectivity index (χ3v) is 5.84. The molecule has 0 fully saturated rings. The van der Waals surface area contributed by atoms with Crippen molar-refractivity contribution in [3.05, 3.63) is 87.5 Å². The van der Waals surface area contributed by atoms with E-state index in [1.807, 2.05) is 42.5 Å². The van der Waals surface area contributed by atoms with Crippen molar-refractivity contribution in [3.8, 4) is 11.5 Å². The van der Waals surface area contributed by atoms with Crippen molar-refractivity contribution in [2.24, 2.45) is 0 Å². The minimum absolute atomic E-state index is 0.0876. The lowest BCUT2D eigenvalue weighted by Crippen LogP contribution is -2.16. The van der Waals surface area contributed by atoms with E-state index in [4.69, 9.17) is 9.47 Å². The summed E-state index contributed by atoms with van der Waals surface area (Å²) in [4.78, 5) is 23.9. The van der Waals surface area contributed by atoms with Gasteiger partial charge in [-0.15, -0.1) is 0 Å². The maximum Gasteiger partial charge on any atom is 0.271 e. The molecule has 0 saturated heterocycles. The van der Waals surface area contributed by atoms with Crippen molar-refractivity contribution in [1.29, 1.82) is 0 Å². The largest absolute Gasteiger partial charge is 0.486 e. The minimum Gasteiger partial charge on any atom is -0.486 e. The highest BCUT2D eigenvalue weighted by Gasteiger charge is 2.30. The zero-order chi connectivity index (χ0) is 24.4. The average Bonchev–Trinajstić information content (AvgIpc) is 3.21. The maximum absolute atomic E-state index is 13.1. The molecule has 0 saturated carbocycles. The SMILES string of the molecule is CCNCc1ccc(N/C(=C2\C(=O)Nc3cc([N+](=O)[O-])ccc32)c2ccc3c(c2)OCCO3)cc1. The van der Waals surface area contributed by atoms with Gasteiger partial charge in [-0.1, -0.05) is 19.1 Å². The molecule has 5 rings (SSSR count). The van der Waals surface area contributed by atoms with Gasteiger partial charge in [-0.25, -0.2) is 0 Å². The molecule has 1 amide bonds. The van der Waals surface area contributed by atoms with E-state index in [1.165, 1.54) is 12.1 Å². The molecule has 3 N–H and O–H groups in total. The van der Waals surface area contributed by atoms with Crippen LogP contribution in [0.25, 0.3) is 11.3 Å². The van der Waals surface area contributed by atoms with Gasteiger partial charge in [0.1, 0.15) is 13.2 Å². The second kappa shape index (κ2) is 9.47. The molecule has 0 spiro atoms. The third-order valence-electron chi connectivity index (χ3n) is 5.84. The Morgan fingerprint density at radius 1 is 1.03 bits per heavy atom. The first-order valence-electron chi connectivity index (χ1n) is 11.3. The van der Waals surface area contributed by atoms with Gasteiger partial charge in [-0.2, -0.15) is 0 Å². The predicted octanol–water partition coefficient (Wildman–Crippen LogP) is 4.41. The summed E-state index contributed by atoms with van der Waals surface area (Å²) in [5.41, 5.74) is 4.51. The number of nitrogens with one attached hydrogen (secondary N) is 3. The Labute approximate surface area is 201 Å². The fourth-order valence-corrected chi connectivity index (χ4v) is 4.12. The minimum atomic E-state index is -0.483. The van der Waals surface area contributed by atoms with Crippen LogP contribution >= 0.6 is 0 Å². The summed E-state index contributed by atoms with van der Waals surface area (Å²) in [5.74, 6) is 0.891. The zero-order valence-corrected chi connectivity index (χ0v) is 19.1. The highest BCUT2D eigenvalue weighted by Crippen LogP contribution is 2.41. The van der Waals surface area contributed by atoms with Crippen LogP contribution in [0.15, 0.2) is 60.7 Å². The van der Waals surface area contributed by atoms with Crippen molar-refractivity contribution in [2.75, 3.05) is 30.4 Å². The quantitative estimate of drug-likeness (QED) is 0.265. The van der Waals surface area contributed by atoms with Gasteiger partial charge >= 0.3 is 0 Å². The van der Waals surface area contributed by atoms with Gasteiger partial charge < -0.3 is 25.4 Å². The number of anilines is 2. The van der Waals surface area contributed by atoms with Crippen LogP contribution in [-0.4, -0.2) is 30.6 Å². The Balaban J connectivity index is 1.60. The van der Waals surface area contributed by atoms with Gasteiger partial charge in [-0.05, 0) is 48.5 Å². The molecular formula is C26H24N4O5. The number of fused-ring (bicyclic) bond motifs is 2. The molecule has 0 atom stereocenters. The zero-order valence-electron chi connectivity index (χ0n) is 19.1. The molecule has 178 valence electrons. The van der Waals surface area contributed by atoms with Gasteiger partial charge in [-0.3, -0.25) is 14.9 Å². The molecule has 9 nitrogen and oxygen atoms in total. The summed E-state index contributed by atoms with van der Waals surface area (Å²) in [6.07, 6.45) is 0. The number of benzene rings is 3. The lowest BCUT2D eigenvalue weighted by atomic mass is 9.99. The Morgan fingerprint density at radius 2 is 1.80 bits per heavy atom. The molecule has 35 heavy (non-hydrogen) atoms. The van der Waals surface area contributed by atoms with Crippen molar-refractivity contribution in [3.63, 3.8) is 0 Å². The molecule has 0 aliphatic carbocycles. The molecule has 2 heterocycles. The number of hydrogen-bond donors (Lipinski definition) is 3. The van der Waals surface area contributed by atoms with E-state index in [0.29, 0.717) is 47.2 Å². The van der Waals surface area contributed by atoms with E-state index in [1.54, 1.807) is 6.07 Å². The van der Waals surface area contributed by atoms with E-state index >= 15 is 0 Å². The Hall–Kier alpha value is -4.37. The molecule has 0 unspecified atom stereocenters. The Morgan fingerprint density at radius 3 is 2.54 bits per heavy atom. The first kappa shape index (κ1) is 22.4. The van der Waals surface area contributed by atoms with Gasteiger partial charge in [0.25, 0.3) is 11.6 Å². The predicted molar refractivity (Wildman–Crippen MR) is 133 cm³/mol. The van der Waals surface area contributed by atoms with Crippen LogP contribution in [0.5, 0.6) is 11.5 Å². The number of ether oxygens (including phenoxy) is 2. The number of non-ortho nitro benzene ring substituents is 1. The van der Waals surface area contributed by atoms with Crippen molar-refractivity contribution in [1.82, 2.24) is 5.32 Å². The second-order valence-electron chi connectivity index (χ2n) is 8.15. The molecule has 0 radical (unpaired) electrons. The average molecular weight is 473 g/mol. The summed E-state index contributed by atoms with van der Waals surface area (Å²) in [7, 11) is 0. The first-order chi connectivity index (χ1) is 17.0. The van der Waals surface area contributed by atoms with Crippen LogP contribution in [0.4, 0.5) is 17.1 Å². The van der Waals surface area contributed by atoms with Gasteiger partial charge in [0, 0.05) is 35.5 Å². The van der Waals surface area contributed by atoms with Crippen molar-refractivity contribution < 1.29 is 19.2 Å². The number of nitrogens with zero attached hydrogens (tertiary/aromatic N) is 1. The van der Waals surface area contributed by atoms with E-state index < -0.39 is 4.92 Å². The number of amides is 1. The van der Waals surface area contributed by atoms with Crippen LogP contribution in [0.3, 0.4) is 0 Å². The molecule has 2 aliphatic rings. The summed E-state index contributed by atoms with van der Waals surface area (Å²) in [5, 5.41) is 20.7. The van der Waals surface area contributed by atoms with Crippen LogP contribution in [0, 0.1) is 10.1 Å². The van der Waals surface area contributed by atoms with E-state index in [-0.39, 0.29) is 11.6 Å². The fourth-order valence-electron chi connectivity index (χ4n) is 4.12. The van der Waals surface area contributed by atoms with E-state index in [0.717, 1.165) is 29.9 Å². The summed E-state index contributed by atoms with van der Waals surface area (Å²) >= 11 is 0. The lowest BCUT2D eigenvalue weighted by molar-refractivity contribution is -0.384. The third kappa shape index (κ3) is 4.53. The van der Waals surface area contributed by atoms with Crippen LogP contribution in [-0.2, 0) is 11.3 Å². The molecule has 9 heteroatoms. The number of carbonyl (C=O) groups is 1. The number of hydrogen-bond acceptors (Lipinski definition) is 7. The van der Waals surface area contributed by atoms with Gasteiger partial charge in [0.2, 0.25) is 0 Å². The topological polar surface area (TPSA) is 115 Å². The van der Waals surface area contributed by atoms with Crippen molar-refractivity contribution >= 4 is 34.2 Å². The molecular weight excluding hydrogens is 448 g/mol. The number of nitro benzene ring substituents is 1.